The summed E-state index contributed by atoms with van der Waals surface area (Å²) >= 11 is 5.49. The number of carbonyl (C=O) groups excluding carboxylic acids is 6. The maximum Gasteiger partial charge on any atom is 0.246 e. The summed E-state index contributed by atoms with van der Waals surface area (Å²) in [6, 6.07) is 14.5. The lowest BCUT2D eigenvalue weighted by atomic mass is 9.89. The molecule has 0 saturated carbocycles. The van der Waals surface area contributed by atoms with Crippen molar-refractivity contribution in [2.45, 2.75) is 97.3 Å². The van der Waals surface area contributed by atoms with E-state index in [1.54, 1.807) is 30.3 Å². The van der Waals surface area contributed by atoms with Crippen LogP contribution >= 0.6 is 12.2 Å². The number of fused-ring (bicyclic) bond motifs is 2. The van der Waals surface area contributed by atoms with Crippen LogP contribution in [0.3, 0.4) is 0 Å². The number of carbonyl (C=O) groups is 6. The molecule has 1 aliphatic carbocycles. The molecule has 4 rings (SSSR count). The van der Waals surface area contributed by atoms with E-state index < -0.39 is 11.8 Å². The number of amides is 5. The van der Waals surface area contributed by atoms with Gasteiger partial charge in [0.15, 0.2) is 16.3 Å². The van der Waals surface area contributed by atoms with Gasteiger partial charge in [-0.3, -0.25) is 44.0 Å². The Labute approximate surface area is 394 Å². The molecule has 2 aromatic rings. The lowest BCUT2D eigenvalue weighted by Gasteiger charge is -2.18. The van der Waals surface area contributed by atoms with E-state index in [1.807, 2.05) is 0 Å². The van der Waals surface area contributed by atoms with Crippen LogP contribution in [-0.4, -0.2) is 111 Å². The number of nitrogens with one attached hydrogen (secondary N) is 5. The zero-order valence-corrected chi connectivity index (χ0v) is 38.9. The van der Waals surface area contributed by atoms with E-state index in [-0.39, 0.29) is 78.9 Å². The number of hydrogen-bond acceptors (Lipinski definition) is 12. The Hall–Kier alpha value is -6.48. The van der Waals surface area contributed by atoms with Gasteiger partial charge in [-0.1, -0.05) is 6.07 Å². The number of phenols is 1. The second-order valence-electron chi connectivity index (χ2n) is 15.9. The van der Waals surface area contributed by atoms with Gasteiger partial charge >= 0.3 is 0 Å². The van der Waals surface area contributed by atoms with E-state index in [0.717, 1.165) is 12.8 Å². The summed E-state index contributed by atoms with van der Waals surface area (Å²) in [7, 11) is 0. The fraction of sp³-hybridized carbons (Fsp3) is 0.447. The molecular formula is C47H63N7O12S. The highest BCUT2D eigenvalue weighted by molar-refractivity contribution is 7.80. The quantitative estimate of drug-likeness (QED) is 0.00995. The number of benzene rings is 3. The van der Waals surface area contributed by atoms with E-state index >= 15 is 0 Å². The molecule has 67 heavy (non-hydrogen) atoms. The molecule has 0 aromatic heterocycles. The van der Waals surface area contributed by atoms with Gasteiger partial charge in [-0.25, -0.2) is 10.1 Å². The minimum absolute atomic E-state index is 0. The molecule has 0 saturated heterocycles. The van der Waals surface area contributed by atoms with Gasteiger partial charge in [0.25, 0.3) is 0 Å². The van der Waals surface area contributed by atoms with Gasteiger partial charge in [0.2, 0.25) is 29.5 Å². The summed E-state index contributed by atoms with van der Waals surface area (Å²) in [6.45, 7) is 4.93. The topological polar surface area (TPSA) is 291 Å². The summed E-state index contributed by atoms with van der Waals surface area (Å²) < 4.78 is 5.95. The Bertz CT molecular complexity index is 2360. The zero-order valence-electron chi connectivity index (χ0n) is 38.0. The molecule has 5 amide bonds. The number of ketones is 1. The van der Waals surface area contributed by atoms with Gasteiger partial charge in [0, 0.05) is 112 Å². The number of aromatic hydroxyl groups is 1. The lowest BCUT2D eigenvalue weighted by molar-refractivity contribution is -0.166. The summed E-state index contributed by atoms with van der Waals surface area (Å²) in [5, 5.41) is 46.4. The average Bonchev–Trinajstić information content (AvgIpc) is 3.28. The summed E-state index contributed by atoms with van der Waals surface area (Å²) in [5.74, 6) is -1.57. The highest BCUT2D eigenvalue weighted by atomic mass is 32.1. The zero-order chi connectivity index (χ0) is 48.0. The summed E-state index contributed by atoms with van der Waals surface area (Å²) in [5.41, 5.74) is 3.05. The van der Waals surface area contributed by atoms with Crippen molar-refractivity contribution >= 4 is 69.3 Å². The van der Waals surface area contributed by atoms with Crippen LogP contribution in [0.5, 0.6) is 5.75 Å². The van der Waals surface area contributed by atoms with Crippen molar-refractivity contribution in [1.29, 1.82) is 0 Å². The first-order valence-corrected chi connectivity index (χ1v) is 22.7. The highest BCUT2D eigenvalue weighted by Gasteiger charge is 2.22. The molecule has 0 bridgehead atoms. The number of anilines is 1. The van der Waals surface area contributed by atoms with Gasteiger partial charge in [-0.15, -0.1) is 0 Å². The number of phenolic OH excluding ortho intramolecular Hbond substituents is 1. The fourth-order valence-corrected chi connectivity index (χ4v) is 7.24. The maximum absolute atomic E-state index is 13.0. The Morgan fingerprint density at radius 2 is 1.16 bits per heavy atom. The van der Waals surface area contributed by atoms with Crippen LogP contribution < -0.4 is 32.0 Å². The molecule has 1 heterocycles. The number of unbranched alkanes of at least 4 members (excludes halogenated alkanes) is 6. The maximum atomic E-state index is 13.0. The van der Waals surface area contributed by atoms with Crippen LogP contribution in [-0.2, 0) is 24.0 Å². The van der Waals surface area contributed by atoms with Crippen molar-refractivity contribution in [1.82, 2.24) is 31.4 Å². The van der Waals surface area contributed by atoms with Crippen molar-refractivity contribution in [3.63, 3.8) is 0 Å². The van der Waals surface area contributed by atoms with E-state index in [0.29, 0.717) is 131 Å². The van der Waals surface area contributed by atoms with E-state index in [1.165, 1.54) is 38.1 Å². The molecule has 0 unspecified atom stereocenters. The average molecular weight is 950 g/mol. The SMILES string of the molecule is CC(=O)c1cc(NC(=S)NCCCCCN(O)C(=O)CCC(=O)NCCCCCNC(=O)CCC(=O)NCCCCCN(O)C(C)=O)ccc1-c1c2ccc(=O)cc-2oc2cc(O)ccc12.O. The third kappa shape index (κ3) is 18.7. The summed E-state index contributed by atoms with van der Waals surface area (Å²) in [4.78, 5) is 84.7. The minimum Gasteiger partial charge on any atom is -0.508 e. The normalized spacial score (nSPS) is 10.7. The molecule has 0 atom stereocenters. The van der Waals surface area contributed by atoms with Crippen LogP contribution in [0, 0.1) is 0 Å². The van der Waals surface area contributed by atoms with Crippen molar-refractivity contribution in [3.05, 3.63) is 70.4 Å². The van der Waals surface area contributed by atoms with E-state index in [2.05, 4.69) is 26.6 Å². The van der Waals surface area contributed by atoms with Crippen LogP contribution in [0.4, 0.5) is 5.69 Å². The van der Waals surface area contributed by atoms with Crippen molar-refractivity contribution in [2.75, 3.05) is 44.6 Å². The monoisotopic (exact) mass is 949 g/mol. The number of thiocarbonyl (C=S) groups is 1. The molecular weight excluding hydrogens is 887 g/mol. The molecule has 10 N–H and O–H groups in total. The number of hydrogen-bond donors (Lipinski definition) is 8. The molecule has 0 fully saturated rings. The second-order valence-corrected chi connectivity index (χ2v) is 16.3. The van der Waals surface area contributed by atoms with Gasteiger partial charge < -0.3 is 41.6 Å². The van der Waals surface area contributed by atoms with Crippen LogP contribution in [0.1, 0.15) is 108 Å². The Morgan fingerprint density at radius 3 is 1.75 bits per heavy atom. The number of rotatable bonds is 27. The molecule has 19 nitrogen and oxygen atoms in total. The van der Waals surface area contributed by atoms with Crippen LogP contribution in [0.25, 0.3) is 33.4 Å². The third-order valence-electron chi connectivity index (χ3n) is 10.6. The number of nitrogens with zero attached hydrogens (tertiary/aromatic N) is 2. The first-order valence-electron chi connectivity index (χ1n) is 22.3. The van der Waals surface area contributed by atoms with Gasteiger partial charge in [-0.2, -0.15) is 0 Å². The molecule has 0 radical (unpaired) electrons. The fourth-order valence-electron chi connectivity index (χ4n) is 7.02. The second kappa shape index (κ2) is 28.5. The first-order chi connectivity index (χ1) is 31.6. The highest BCUT2D eigenvalue weighted by Crippen LogP contribution is 2.42. The predicted octanol–water partition coefficient (Wildman–Crippen LogP) is 4.81. The molecule has 364 valence electrons. The van der Waals surface area contributed by atoms with E-state index in [4.69, 9.17) is 16.6 Å². The smallest absolute Gasteiger partial charge is 0.246 e. The Kier molecular flexibility index (Phi) is 23.4. The number of hydroxylamine groups is 4. The molecule has 1 aliphatic heterocycles. The van der Waals surface area contributed by atoms with Crippen molar-refractivity contribution < 1.29 is 54.2 Å². The van der Waals surface area contributed by atoms with Gasteiger partial charge in [-0.05, 0) is 119 Å². The van der Waals surface area contributed by atoms with Crippen LogP contribution in [0.2, 0.25) is 0 Å². The van der Waals surface area contributed by atoms with Crippen LogP contribution in [0.15, 0.2) is 63.8 Å². The minimum atomic E-state index is -0.546. The molecule has 20 heteroatoms. The third-order valence-corrected chi connectivity index (χ3v) is 10.8. The molecule has 2 aromatic carbocycles. The van der Waals surface area contributed by atoms with Crippen molar-refractivity contribution in [3.8, 4) is 28.2 Å². The summed E-state index contributed by atoms with van der Waals surface area (Å²) in [6.07, 6.45) is 6.05. The Morgan fingerprint density at radius 1 is 0.627 bits per heavy atom. The standard InChI is InChI=1S/C47H61N7O11S.H2O/c1-31(55)39-28-33(12-15-36(39)46-37-16-13-34(57)29-40(37)65-41-30-35(58)14-17-38(41)46)52-47(66)51-25-9-5-11-27-54(64)45(62)21-20-44(61)50-23-7-3-6-22-48-42(59)18-19-43(60)49-24-8-4-10-26-53(63)32(2)56;/h12-17,28-30,57,63-64H,3-11,18-27H2,1-2H3,(H,48,59)(H,49,60)(H,50,61)(H2,51,52,66);1H2. The number of Topliss-reactive ketones (excluding diaryl/α,β-unsaturated/α-hetero) is 1. The first kappa shape index (κ1) is 54.9. The predicted molar refractivity (Wildman–Crippen MR) is 256 cm³/mol. The van der Waals surface area contributed by atoms with Gasteiger partial charge in [0.05, 0.1) is 0 Å². The van der Waals surface area contributed by atoms with E-state index in [9.17, 15) is 49.1 Å². The Balaban J connectivity index is 0.0000119. The van der Waals surface area contributed by atoms with Gasteiger partial charge in [0.1, 0.15) is 17.1 Å². The largest absolute Gasteiger partial charge is 0.508 e. The van der Waals surface area contributed by atoms with Crippen molar-refractivity contribution in [2.24, 2.45) is 0 Å². The molecule has 2 aliphatic rings. The lowest BCUT2D eigenvalue weighted by Crippen LogP contribution is -2.31. The molecule has 0 spiro atoms.